The third-order valence-corrected chi connectivity index (χ3v) is 6.21. The molecular formula is C12H15ClO2S. The minimum absolute atomic E-state index is 0.0197. The summed E-state index contributed by atoms with van der Waals surface area (Å²) in [6, 6.07) is 7.52. The predicted molar refractivity (Wildman–Crippen MR) is 66.0 cm³/mol. The summed E-state index contributed by atoms with van der Waals surface area (Å²) in [5.74, 6) is 0. The molecule has 0 aromatic heterocycles. The smallest absolute Gasteiger partial charge is 0.132 e. The molecule has 0 bridgehead atoms. The van der Waals surface area contributed by atoms with Gasteiger partial charge in [-0.3, -0.25) is 4.21 Å². The fraction of sp³-hybridized carbons (Fsp3) is 0.500. The number of aryl methyl sites for hydroxylation is 1. The van der Waals surface area contributed by atoms with Crippen molar-refractivity contribution in [1.82, 2.24) is 0 Å². The van der Waals surface area contributed by atoms with E-state index in [4.69, 9.17) is 11.6 Å². The van der Waals surface area contributed by atoms with Crippen molar-refractivity contribution in [3.8, 4) is 0 Å². The van der Waals surface area contributed by atoms with Crippen molar-refractivity contribution in [3.63, 3.8) is 0 Å². The lowest BCUT2D eigenvalue weighted by atomic mass is 10.2. The maximum absolute atomic E-state index is 12.3. The number of rotatable bonds is 3. The second-order valence-corrected chi connectivity index (χ2v) is 7.28. The van der Waals surface area contributed by atoms with Crippen molar-refractivity contribution in [2.45, 2.75) is 29.4 Å². The molecule has 4 heteroatoms. The van der Waals surface area contributed by atoms with Crippen LogP contribution >= 0.6 is 11.6 Å². The van der Waals surface area contributed by atoms with E-state index in [1.165, 1.54) is 0 Å². The van der Waals surface area contributed by atoms with Crippen LogP contribution in [0.3, 0.4) is 0 Å². The average Bonchev–Trinajstić information content (AvgIpc) is 2.84. The Balaban J connectivity index is 2.25. The minimum atomic E-state index is -1.26. The summed E-state index contributed by atoms with van der Waals surface area (Å²) in [5, 5.41) is 9.22. The van der Waals surface area contributed by atoms with Crippen LogP contribution in [-0.4, -0.2) is 20.1 Å². The highest BCUT2D eigenvalue weighted by Crippen LogP contribution is 2.63. The third kappa shape index (κ3) is 1.71. The molecule has 1 aromatic carbocycles. The Morgan fingerprint density at radius 2 is 2.00 bits per heavy atom. The first-order valence-electron chi connectivity index (χ1n) is 5.21. The van der Waals surface area contributed by atoms with E-state index in [9.17, 15) is 9.32 Å². The molecule has 2 nitrogen and oxygen atoms in total. The molecule has 3 atom stereocenters. The molecule has 1 N–H and O–H groups in total. The number of benzene rings is 1. The molecule has 1 unspecified atom stereocenters. The van der Waals surface area contributed by atoms with Crippen molar-refractivity contribution >= 4 is 22.4 Å². The summed E-state index contributed by atoms with van der Waals surface area (Å²) in [6.07, 6.45) is 0.596. The molecular weight excluding hydrogens is 244 g/mol. The van der Waals surface area contributed by atoms with Crippen LogP contribution in [-0.2, 0) is 10.8 Å². The molecule has 1 fully saturated rings. The summed E-state index contributed by atoms with van der Waals surface area (Å²) in [4.78, 5) is 0.734. The van der Waals surface area contributed by atoms with Gasteiger partial charge in [-0.1, -0.05) is 24.6 Å². The van der Waals surface area contributed by atoms with Crippen LogP contribution in [0.5, 0.6) is 0 Å². The van der Waals surface area contributed by atoms with E-state index in [1.807, 2.05) is 38.1 Å². The van der Waals surface area contributed by atoms with Crippen LogP contribution in [0.2, 0.25) is 0 Å². The van der Waals surface area contributed by atoms with E-state index in [0.29, 0.717) is 6.42 Å². The minimum Gasteiger partial charge on any atom is -0.396 e. The van der Waals surface area contributed by atoms with Crippen molar-refractivity contribution in [2.75, 3.05) is 6.61 Å². The first-order valence-corrected chi connectivity index (χ1v) is 6.74. The van der Waals surface area contributed by atoms with Gasteiger partial charge in [-0.25, -0.2) is 0 Å². The van der Waals surface area contributed by atoms with E-state index in [0.717, 1.165) is 10.5 Å². The highest BCUT2D eigenvalue weighted by atomic mass is 35.5. The lowest BCUT2D eigenvalue weighted by Gasteiger charge is -2.14. The predicted octanol–water partition coefficient (Wildman–Crippen LogP) is 2.44. The van der Waals surface area contributed by atoms with Gasteiger partial charge in [-0.2, -0.15) is 0 Å². The molecule has 0 saturated heterocycles. The average molecular weight is 259 g/mol. The Hall–Kier alpha value is -0.380. The first kappa shape index (κ1) is 12.1. The Kier molecular flexibility index (Phi) is 2.89. The van der Waals surface area contributed by atoms with Crippen LogP contribution < -0.4 is 0 Å². The van der Waals surface area contributed by atoms with Gasteiger partial charge in [0.05, 0.1) is 17.4 Å². The van der Waals surface area contributed by atoms with Gasteiger partial charge >= 0.3 is 0 Å². The molecule has 0 aliphatic heterocycles. The van der Waals surface area contributed by atoms with Gasteiger partial charge in [0.2, 0.25) is 0 Å². The lowest BCUT2D eigenvalue weighted by molar-refractivity contribution is 0.223. The number of hydrogen-bond acceptors (Lipinski definition) is 2. The highest BCUT2D eigenvalue weighted by Gasteiger charge is 2.67. The van der Waals surface area contributed by atoms with Gasteiger partial charge in [0.25, 0.3) is 0 Å². The molecule has 1 saturated carbocycles. The van der Waals surface area contributed by atoms with E-state index < -0.39 is 20.4 Å². The molecule has 0 heterocycles. The van der Waals surface area contributed by atoms with E-state index in [2.05, 4.69) is 0 Å². The van der Waals surface area contributed by atoms with Gasteiger partial charge in [0.1, 0.15) is 4.21 Å². The molecule has 88 valence electrons. The molecule has 16 heavy (non-hydrogen) atoms. The first-order chi connectivity index (χ1) is 7.43. The fourth-order valence-corrected chi connectivity index (χ4v) is 4.11. The standard InChI is InChI=1S/C12H15ClO2S/c1-9-3-5-10(6-4-9)16(15)12(13)7-11(12,2)8-14/h3-6,14H,7-8H2,1-2H3/t11-,12-,16?/m1/s1. The fourth-order valence-electron chi connectivity index (χ4n) is 1.77. The number of alkyl halides is 1. The van der Waals surface area contributed by atoms with E-state index >= 15 is 0 Å². The van der Waals surface area contributed by atoms with Crippen molar-refractivity contribution < 1.29 is 9.32 Å². The van der Waals surface area contributed by atoms with Gasteiger partial charge in [0, 0.05) is 10.3 Å². The zero-order chi connectivity index (χ0) is 12.0. The summed E-state index contributed by atoms with van der Waals surface area (Å²) in [5.41, 5.74) is 0.717. The maximum Gasteiger partial charge on any atom is 0.132 e. The lowest BCUT2D eigenvalue weighted by Crippen LogP contribution is -2.20. The molecule has 1 aliphatic carbocycles. The number of halogens is 1. The molecule has 1 aromatic rings. The van der Waals surface area contributed by atoms with Crippen LogP contribution in [0.15, 0.2) is 29.2 Å². The molecule has 1 aliphatic rings. The van der Waals surface area contributed by atoms with Gasteiger partial charge in [-0.15, -0.1) is 11.6 Å². The Labute approximate surface area is 103 Å². The summed E-state index contributed by atoms with van der Waals surface area (Å²) >= 11 is 6.32. The van der Waals surface area contributed by atoms with Gasteiger partial charge in [-0.05, 0) is 25.5 Å². The van der Waals surface area contributed by atoms with Crippen molar-refractivity contribution in [1.29, 1.82) is 0 Å². The Bertz CT molecular complexity index is 431. The quantitative estimate of drug-likeness (QED) is 0.846. The van der Waals surface area contributed by atoms with E-state index in [-0.39, 0.29) is 6.61 Å². The zero-order valence-electron chi connectivity index (χ0n) is 9.37. The topological polar surface area (TPSA) is 37.3 Å². The van der Waals surface area contributed by atoms with Crippen LogP contribution in [0.1, 0.15) is 18.9 Å². The monoisotopic (exact) mass is 258 g/mol. The second kappa shape index (κ2) is 3.83. The molecule has 0 amide bonds. The summed E-state index contributed by atoms with van der Waals surface area (Å²) < 4.78 is 11.5. The van der Waals surface area contributed by atoms with Crippen LogP contribution in [0.25, 0.3) is 0 Å². The second-order valence-electron chi connectivity index (χ2n) is 4.71. The molecule has 0 radical (unpaired) electrons. The maximum atomic E-state index is 12.3. The summed E-state index contributed by atoms with van der Waals surface area (Å²) in [7, 11) is -1.26. The SMILES string of the molecule is Cc1ccc(S(=O)[C@]2(Cl)C[C@]2(C)CO)cc1. The van der Waals surface area contributed by atoms with Crippen molar-refractivity contribution in [2.24, 2.45) is 5.41 Å². The largest absolute Gasteiger partial charge is 0.396 e. The van der Waals surface area contributed by atoms with Crippen LogP contribution in [0.4, 0.5) is 0 Å². The number of aliphatic hydroxyl groups is 1. The van der Waals surface area contributed by atoms with Gasteiger partial charge < -0.3 is 5.11 Å². The van der Waals surface area contributed by atoms with Gasteiger partial charge in [0.15, 0.2) is 0 Å². The third-order valence-electron chi connectivity index (χ3n) is 3.27. The molecule has 0 spiro atoms. The number of aliphatic hydroxyl groups excluding tert-OH is 1. The normalized spacial score (nSPS) is 34.8. The highest BCUT2D eigenvalue weighted by molar-refractivity contribution is 7.88. The van der Waals surface area contributed by atoms with E-state index in [1.54, 1.807) is 0 Å². The van der Waals surface area contributed by atoms with Crippen LogP contribution in [0, 0.1) is 12.3 Å². The van der Waals surface area contributed by atoms with Crippen molar-refractivity contribution in [3.05, 3.63) is 29.8 Å². The number of hydrogen-bond donors (Lipinski definition) is 1. The Morgan fingerprint density at radius 1 is 1.44 bits per heavy atom. The zero-order valence-corrected chi connectivity index (χ0v) is 10.9. The Morgan fingerprint density at radius 3 is 2.44 bits per heavy atom. The summed E-state index contributed by atoms with van der Waals surface area (Å²) in [6.45, 7) is 3.83. The molecule has 2 rings (SSSR count).